The summed E-state index contributed by atoms with van der Waals surface area (Å²) in [5, 5.41) is 2.95. The van der Waals surface area contributed by atoms with E-state index in [1.54, 1.807) is 11.8 Å². The normalized spacial score (nSPS) is 42.0. The van der Waals surface area contributed by atoms with Gasteiger partial charge in [0.15, 0.2) is 0 Å². The highest BCUT2D eigenvalue weighted by atomic mass is 16.5. The summed E-state index contributed by atoms with van der Waals surface area (Å²) < 4.78 is 5.79. The highest BCUT2D eigenvalue weighted by molar-refractivity contribution is 5.99. The van der Waals surface area contributed by atoms with Crippen molar-refractivity contribution in [1.29, 1.82) is 0 Å². The van der Waals surface area contributed by atoms with Crippen LogP contribution in [0.25, 0.3) is 0 Å². The van der Waals surface area contributed by atoms with Crippen molar-refractivity contribution < 1.29 is 14.3 Å². The lowest BCUT2D eigenvalue weighted by Gasteiger charge is -2.45. The third-order valence-electron chi connectivity index (χ3n) is 5.13. The second-order valence-electron chi connectivity index (χ2n) is 6.98. The molecule has 112 valence electrons. The first-order chi connectivity index (χ1) is 9.36. The van der Waals surface area contributed by atoms with E-state index in [0.29, 0.717) is 12.5 Å². The van der Waals surface area contributed by atoms with Crippen LogP contribution in [-0.4, -0.2) is 47.0 Å². The van der Waals surface area contributed by atoms with Gasteiger partial charge in [0.1, 0.15) is 11.6 Å². The summed E-state index contributed by atoms with van der Waals surface area (Å²) in [5.41, 5.74) is -1.01. The molecule has 3 rings (SSSR count). The molecule has 5 nitrogen and oxygen atoms in total. The fraction of sp³-hybridized carbons (Fsp3) is 0.867. The van der Waals surface area contributed by atoms with Gasteiger partial charge >= 0.3 is 0 Å². The molecule has 0 aromatic heterocycles. The van der Waals surface area contributed by atoms with Crippen molar-refractivity contribution in [3.63, 3.8) is 0 Å². The Bertz CT molecular complexity index is 440. The Balaban J connectivity index is 1.83. The zero-order valence-electron chi connectivity index (χ0n) is 12.6. The maximum absolute atomic E-state index is 12.9. The Labute approximate surface area is 120 Å². The molecule has 3 unspecified atom stereocenters. The zero-order valence-corrected chi connectivity index (χ0v) is 12.6. The molecule has 1 aliphatic carbocycles. The lowest BCUT2D eigenvalue weighted by molar-refractivity contribution is -0.158. The van der Waals surface area contributed by atoms with Crippen molar-refractivity contribution in [3.05, 3.63) is 0 Å². The van der Waals surface area contributed by atoms with Gasteiger partial charge in [-0.2, -0.15) is 0 Å². The van der Waals surface area contributed by atoms with Crippen LogP contribution in [0.5, 0.6) is 0 Å². The van der Waals surface area contributed by atoms with Gasteiger partial charge in [0, 0.05) is 6.61 Å². The molecule has 3 atom stereocenters. The molecule has 0 radical (unpaired) electrons. The van der Waals surface area contributed by atoms with Crippen LogP contribution in [0.2, 0.25) is 0 Å². The van der Waals surface area contributed by atoms with Gasteiger partial charge in [-0.25, -0.2) is 0 Å². The van der Waals surface area contributed by atoms with Crippen molar-refractivity contribution in [2.75, 3.05) is 13.2 Å². The predicted octanol–water partition coefficient (Wildman–Crippen LogP) is 1.07. The minimum Gasteiger partial charge on any atom is -0.373 e. The monoisotopic (exact) mass is 280 g/mol. The number of amides is 2. The second-order valence-corrected chi connectivity index (χ2v) is 6.98. The molecule has 3 fully saturated rings. The number of rotatable bonds is 3. The predicted molar refractivity (Wildman–Crippen MR) is 74.0 cm³/mol. The Morgan fingerprint density at radius 3 is 2.60 bits per heavy atom. The standard InChI is InChI=1S/C15H24N2O3/c1-10-12(18)16-15(3,11-5-6-11)13(19)17(10)9-14(2)7-4-8-20-14/h10-11H,4-9H2,1-3H3,(H,16,18). The maximum Gasteiger partial charge on any atom is 0.249 e. The van der Waals surface area contributed by atoms with Gasteiger partial charge in [-0.15, -0.1) is 0 Å². The highest BCUT2D eigenvalue weighted by Crippen LogP contribution is 2.42. The molecular formula is C15H24N2O3. The van der Waals surface area contributed by atoms with Gasteiger partial charge in [-0.05, 0) is 52.4 Å². The summed E-state index contributed by atoms with van der Waals surface area (Å²) in [6, 6.07) is -0.407. The Morgan fingerprint density at radius 1 is 1.35 bits per heavy atom. The molecular weight excluding hydrogens is 256 g/mol. The quantitative estimate of drug-likeness (QED) is 0.841. The number of hydrogen-bond donors (Lipinski definition) is 1. The first-order valence-electron chi connectivity index (χ1n) is 7.63. The fourth-order valence-electron chi connectivity index (χ4n) is 3.50. The molecule has 2 aliphatic heterocycles. The Morgan fingerprint density at radius 2 is 2.05 bits per heavy atom. The van der Waals surface area contributed by atoms with Crippen LogP contribution in [0.4, 0.5) is 0 Å². The largest absolute Gasteiger partial charge is 0.373 e. The third kappa shape index (κ3) is 2.12. The van der Waals surface area contributed by atoms with E-state index in [9.17, 15) is 9.59 Å². The summed E-state index contributed by atoms with van der Waals surface area (Å²) in [6.07, 6.45) is 4.03. The minimum absolute atomic E-state index is 0.0411. The Hall–Kier alpha value is -1.10. The first-order valence-corrected chi connectivity index (χ1v) is 7.63. The van der Waals surface area contributed by atoms with E-state index in [1.807, 2.05) is 13.8 Å². The van der Waals surface area contributed by atoms with E-state index in [0.717, 1.165) is 32.3 Å². The molecule has 0 spiro atoms. The van der Waals surface area contributed by atoms with Crippen molar-refractivity contribution in [2.45, 2.75) is 63.6 Å². The lowest BCUT2D eigenvalue weighted by Crippen LogP contribution is -2.70. The van der Waals surface area contributed by atoms with E-state index in [-0.39, 0.29) is 17.4 Å². The molecule has 2 saturated heterocycles. The number of nitrogens with zero attached hydrogens (tertiary/aromatic N) is 1. The van der Waals surface area contributed by atoms with Gasteiger partial charge in [0.2, 0.25) is 11.8 Å². The summed E-state index contributed by atoms with van der Waals surface area (Å²) in [4.78, 5) is 26.8. The molecule has 0 bridgehead atoms. The zero-order chi connectivity index (χ0) is 14.5. The third-order valence-corrected chi connectivity index (χ3v) is 5.13. The van der Waals surface area contributed by atoms with Crippen LogP contribution >= 0.6 is 0 Å². The van der Waals surface area contributed by atoms with Crippen LogP contribution in [0.15, 0.2) is 0 Å². The number of piperazine rings is 1. The van der Waals surface area contributed by atoms with Crippen molar-refractivity contribution >= 4 is 11.8 Å². The summed E-state index contributed by atoms with van der Waals surface area (Å²) in [7, 11) is 0. The van der Waals surface area contributed by atoms with Crippen LogP contribution in [0, 0.1) is 5.92 Å². The number of hydrogen-bond acceptors (Lipinski definition) is 3. The second kappa shape index (κ2) is 4.45. The van der Waals surface area contributed by atoms with E-state index in [1.165, 1.54) is 0 Å². The lowest BCUT2D eigenvalue weighted by atomic mass is 9.88. The number of carbonyl (C=O) groups is 2. The topological polar surface area (TPSA) is 58.6 Å². The fourth-order valence-corrected chi connectivity index (χ4v) is 3.50. The maximum atomic E-state index is 12.9. The van der Waals surface area contributed by atoms with Gasteiger partial charge in [0.05, 0.1) is 12.1 Å². The molecule has 0 aromatic carbocycles. The SMILES string of the molecule is CC1C(=O)NC(C)(C2CC2)C(=O)N1CC1(C)CCCO1. The van der Waals surface area contributed by atoms with Crippen molar-refractivity contribution in [1.82, 2.24) is 10.2 Å². The smallest absolute Gasteiger partial charge is 0.249 e. The number of ether oxygens (including phenoxy) is 1. The van der Waals surface area contributed by atoms with E-state index in [2.05, 4.69) is 5.32 Å². The average Bonchev–Trinajstić information content (AvgIpc) is 3.17. The molecule has 2 amide bonds. The van der Waals surface area contributed by atoms with Gasteiger partial charge < -0.3 is 15.0 Å². The van der Waals surface area contributed by atoms with Crippen LogP contribution in [0.3, 0.4) is 0 Å². The van der Waals surface area contributed by atoms with Crippen molar-refractivity contribution in [2.24, 2.45) is 5.92 Å². The summed E-state index contributed by atoms with van der Waals surface area (Å²) in [6.45, 7) is 6.99. The molecule has 3 aliphatic rings. The van der Waals surface area contributed by atoms with E-state index < -0.39 is 11.6 Å². The molecule has 20 heavy (non-hydrogen) atoms. The molecule has 0 aromatic rings. The van der Waals surface area contributed by atoms with Crippen LogP contribution in [0.1, 0.15) is 46.5 Å². The van der Waals surface area contributed by atoms with Gasteiger partial charge in [-0.1, -0.05) is 0 Å². The minimum atomic E-state index is -0.710. The molecule has 1 N–H and O–H groups in total. The van der Waals surface area contributed by atoms with E-state index in [4.69, 9.17) is 4.74 Å². The average molecular weight is 280 g/mol. The number of carbonyl (C=O) groups excluding carboxylic acids is 2. The molecule has 5 heteroatoms. The summed E-state index contributed by atoms with van der Waals surface area (Å²) >= 11 is 0. The van der Waals surface area contributed by atoms with Crippen LogP contribution in [-0.2, 0) is 14.3 Å². The van der Waals surface area contributed by atoms with Crippen molar-refractivity contribution in [3.8, 4) is 0 Å². The molecule has 1 saturated carbocycles. The first kappa shape index (κ1) is 13.9. The summed E-state index contributed by atoms with van der Waals surface area (Å²) in [5.74, 6) is 0.315. The van der Waals surface area contributed by atoms with Crippen LogP contribution < -0.4 is 5.32 Å². The molecule has 2 heterocycles. The number of nitrogens with one attached hydrogen (secondary N) is 1. The highest BCUT2D eigenvalue weighted by Gasteiger charge is 2.55. The van der Waals surface area contributed by atoms with Gasteiger partial charge in [-0.3, -0.25) is 9.59 Å². The Kier molecular flexibility index (Phi) is 3.08. The van der Waals surface area contributed by atoms with Gasteiger partial charge in [0.25, 0.3) is 0 Å². The van der Waals surface area contributed by atoms with E-state index >= 15 is 0 Å².